The highest BCUT2D eigenvalue weighted by Crippen LogP contribution is 2.44. The molecule has 0 aromatic rings. The Morgan fingerprint density at radius 3 is 1.69 bits per heavy atom. The van der Waals surface area contributed by atoms with Crippen molar-refractivity contribution in [3.8, 4) is 0 Å². The van der Waals surface area contributed by atoms with Gasteiger partial charge in [0.25, 0.3) is 5.92 Å². The third-order valence-corrected chi connectivity index (χ3v) is 3.79. The molecule has 0 spiro atoms. The number of carbonyl (C=O) groups is 1. The number of ether oxygens (including phenoxy) is 1. The molecule has 0 saturated heterocycles. The average molecular weight is 404 g/mol. The third-order valence-electron chi connectivity index (χ3n) is 3.79. The van der Waals surface area contributed by atoms with Gasteiger partial charge in [0.15, 0.2) is 0 Å². The lowest BCUT2D eigenvalue weighted by atomic mass is 9.98. The van der Waals surface area contributed by atoms with Crippen LogP contribution in [0.4, 0.5) is 39.5 Å². The van der Waals surface area contributed by atoms with Crippen molar-refractivity contribution in [1.82, 2.24) is 0 Å². The topological polar surface area (TPSA) is 26.3 Å². The van der Waals surface area contributed by atoms with Gasteiger partial charge in [-0.2, -0.15) is 30.7 Å². The molecule has 0 saturated carbocycles. The fourth-order valence-corrected chi connectivity index (χ4v) is 1.74. The van der Waals surface area contributed by atoms with Crippen LogP contribution >= 0.6 is 0 Å². The van der Waals surface area contributed by atoms with Crippen molar-refractivity contribution in [2.45, 2.75) is 76.3 Å². The first kappa shape index (κ1) is 24.8. The summed E-state index contributed by atoms with van der Waals surface area (Å²) in [6, 6.07) is 0. The maximum atomic E-state index is 13.5. The van der Waals surface area contributed by atoms with Gasteiger partial charge in [-0.3, -0.25) is 4.79 Å². The zero-order chi connectivity index (χ0) is 20.8. The number of esters is 1. The lowest BCUT2D eigenvalue weighted by Gasteiger charge is -2.28. The highest BCUT2D eigenvalue weighted by Gasteiger charge is 2.57. The van der Waals surface area contributed by atoms with E-state index in [1.165, 1.54) is 6.92 Å². The van der Waals surface area contributed by atoms with Gasteiger partial charge in [0.2, 0.25) is 0 Å². The summed E-state index contributed by atoms with van der Waals surface area (Å²) in [5, 5.41) is 0. The second-order valence-electron chi connectivity index (χ2n) is 6.11. The monoisotopic (exact) mass is 404 g/mol. The summed E-state index contributed by atoms with van der Waals surface area (Å²) in [7, 11) is 0. The SMILES string of the molecule is CCC(C)C(=O)OCCC(F)(F)CCC(F)(F)C(F)(F)CCC(F)(F)F. The highest BCUT2D eigenvalue weighted by molar-refractivity contribution is 5.71. The molecule has 2 nitrogen and oxygen atoms in total. The molecule has 0 aliphatic rings. The Bertz CT molecular complexity index is 447. The van der Waals surface area contributed by atoms with E-state index < -0.39 is 74.5 Å². The Morgan fingerprint density at radius 2 is 1.27 bits per heavy atom. The minimum atomic E-state index is -5.07. The minimum absolute atomic E-state index is 0.397. The molecule has 0 bridgehead atoms. The van der Waals surface area contributed by atoms with E-state index in [-0.39, 0.29) is 0 Å². The number of hydrogen-bond acceptors (Lipinski definition) is 2. The Kier molecular flexibility index (Phi) is 8.75. The van der Waals surface area contributed by atoms with Gasteiger partial charge in [0.1, 0.15) is 0 Å². The lowest BCUT2D eigenvalue weighted by Crippen LogP contribution is -2.42. The largest absolute Gasteiger partial charge is 0.465 e. The molecule has 0 heterocycles. The molecule has 0 radical (unpaired) electrons. The molecule has 0 amide bonds. The van der Waals surface area contributed by atoms with Gasteiger partial charge in [-0.05, 0) is 6.42 Å². The number of rotatable bonds is 11. The number of hydrogen-bond donors (Lipinski definition) is 0. The van der Waals surface area contributed by atoms with Crippen molar-refractivity contribution in [3.63, 3.8) is 0 Å². The summed E-state index contributed by atoms with van der Waals surface area (Å²) in [6.07, 6.45) is -13.8. The Hall–Kier alpha value is -1.16. The summed E-state index contributed by atoms with van der Waals surface area (Å²) < 4.78 is 120. The van der Waals surface area contributed by atoms with Gasteiger partial charge in [0.05, 0.1) is 12.5 Å². The van der Waals surface area contributed by atoms with E-state index in [1.54, 1.807) is 6.92 Å². The number of halogens is 9. The van der Waals surface area contributed by atoms with Crippen LogP contribution in [-0.2, 0) is 9.53 Å². The van der Waals surface area contributed by atoms with Crippen molar-refractivity contribution in [2.24, 2.45) is 5.92 Å². The number of alkyl halides is 9. The van der Waals surface area contributed by atoms with Crippen LogP contribution < -0.4 is 0 Å². The van der Waals surface area contributed by atoms with Crippen molar-refractivity contribution < 1.29 is 49.0 Å². The molecular weight excluding hydrogens is 383 g/mol. The first-order chi connectivity index (χ1) is 11.5. The molecule has 0 fully saturated rings. The molecule has 0 aromatic heterocycles. The fourth-order valence-electron chi connectivity index (χ4n) is 1.74. The second kappa shape index (κ2) is 9.16. The van der Waals surface area contributed by atoms with Crippen LogP contribution in [0.25, 0.3) is 0 Å². The van der Waals surface area contributed by atoms with Crippen LogP contribution in [0, 0.1) is 5.92 Å². The Balaban J connectivity index is 4.55. The van der Waals surface area contributed by atoms with E-state index in [0.717, 1.165) is 0 Å². The normalized spacial score (nSPS) is 15.0. The van der Waals surface area contributed by atoms with Gasteiger partial charge in [0, 0.05) is 32.1 Å². The molecule has 0 aliphatic carbocycles. The third kappa shape index (κ3) is 8.98. The molecule has 156 valence electrons. The van der Waals surface area contributed by atoms with Gasteiger partial charge in [-0.15, -0.1) is 0 Å². The summed E-state index contributed by atoms with van der Waals surface area (Å²) in [5.41, 5.74) is 0. The van der Waals surface area contributed by atoms with Gasteiger partial charge in [-0.25, -0.2) is 8.78 Å². The summed E-state index contributed by atoms with van der Waals surface area (Å²) in [5.74, 6) is -15.2. The maximum absolute atomic E-state index is 13.5. The molecule has 0 N–H and O–H groups in total. The number of carbonyl (C=O) groups excluding carboxylic acids is 1. The van der Waals surface area contributed by atoms with Crippen LogP contribution in [-0.4, -0.2) is 36.5 Å². The zero-order valence-corrected chi connectivity index (χ0v) is 14.2. The molecule has 0 rings (SSSR count). The Labute approximate surface area is 145 Å². The van der Waals surface area contributed by atoms with Crippen LogP contribution in [0.1, 0.15) is 52.4 Å². The van der Waals surface area contributed by atoms with Gasteiger partial charge < -0.3 is 4.74 Å². The van der Waals surface area contributed by atoms with Crippen molar-refractivity contribution >= 4 is 5.97 Å². The molecule has 0 aromatic carbocycles. The first-order valence-corrected chi connectivity index (χ1v) is 7.90. The molecule has 1 atom stereocenters. The van der Waals surface area contributed by atoms with Crippen LogP contribution in [0.3, 0.4) is 0 Å². The first-order valence-electron chi connectivity index (χ1n) is 7.90. The second-order valence-corrected chi connectivity index (χ2v) is 6.11. The predicted octanol–water partition coefficient (Wildman–Crippen LogP) is 5.99. The maximum Gasteiger partial charge on any atom is 0.389 e. The molecule has 26 heavy (non-hydrogen) atoms. The van der Waals surface area contributed by atoms with E-state index in [2.05, 4.69) is 4.74 Å². The summed E-state index contributed by atoms with van der Waals surface area (Å²) >= 11 is 0. The fraction of sp³-hybridized carbons (Fsp3) is 0.933. The smallest absolute Gasteiger partial charge is 0.389 e. The van der Waals surface area contributed by atoms with Gasteiger partial charge >= 0.3 is 24.0 Å². The lowest BCUT2D eigenvalue weighted by molar-refractivity contribution is -0.235. The van der Waals surface area contributed by atoms with Crippen LogP contribution in [0.2, 0.25) is 0 Å². The predicted molar refractivity (Wildman–Crippen MR) is 74.4 cm³/mol. The highest BCUT2D eigenvalue weighted by atomic mass is 19.4. The van der Waals surface area contributed by atoms with Crippen LogP contribution in [0.15, 0.2) is 0 Å². The zero-order valence-electron chi connectivity index (χ0n) is 14.2. The van der Waals surface area contributed by atoms with Gasteiger partial charge in [-0.1, -0.05) is 13.8 Å². The van der Waals surface area contributed by atoms with E-state index >= 15 is 0 Å². The van der Waals surface area contributed by atoms with E-state index in [1.807, 2.05) is 0 Å². The standard InChI is InChI=1S/C15H21F9O2/c1-3-10(2)11(25)26-9-8-12(16,17)4-5-13(18,19)14(20,21)6-7-15(22,23)24/h10H,3-9H2,1-2H3. The summed E-state index contributed by atoms with van der Waals surface area (Å²) in [6.45, 7) is 2.36. The van der Waals surface area contributed by atoms with E-state index in [4.69, 9.17) is 0 Å². The quantitative estimate of drug-likeness (QED) is 0.312. The molecule has 0 aliphatic heterocycles. The van der Waals surface area contributed by atoms with Crippen LogP contribution in [0.5, 0.6) is 0 Å². The molecule has 11 heteroatoms. The molecule has 1 unspecified atom stereocenters. The van der Waals surface area contributed by atoms with E-state index in [0.29, 0.717) is 6.42 Å². The summed E-state index contributed by atoms with van der Waals surface area (Å²) in [4.78, 5) is 11.3. The van der Waals surface area contributed by atoms with Crippen molar-refractivity contribution in [2.75, 3.05) is 6.61 Å². The Morgan fingerprint density at radius 1 is 0.808 bits per heavy atom. The average Bonchev–Trinajstić information content (AvgIpc) is 2.49. The molecular formula is C15H21F9O2. The van der Waals surface area contributed by atoms with E-state index in [9.17, 15) is 44.3 Å². The van der Waals surface area contributed by atoms with Crippen molar-refractivity contribution in [1.29, 1.82) is 0 Å². The van der Waals surface area contributed by atoms with Crippen molar-refractivity contribution in [3.05, 3.63) is 0 Å². The minimum Gasteiger partial charge on any atom is -0.465 e.